The standard InChI is InChI=1S/C15H18N4O2/c1-3-7-19-14(13(21-2)10-17-19)15(20)11-9-16-18-8-5-4-6-12(11)18/h4-6,8-10,15,20H,3,7H2,1-2H3. The van der Waals surface area contributed by atoms with Crippen LogP contribution in [0.5, 0.6) is 5.75 Å². The van der Waals surface area contributed by atoms with E-state index in [1.165, 1.54) is 0 Å². The molecule has 6 heteroatoms. The molecular weight excluding hydrogens is 268 g/mol. The van der Waals surface area contributed by atoms with Crippen molar-refractivity contribution in [1.82, 2.24) is 19.4 Å². The summed E-state index contributed by atoms with van der Waals surface area (Å²) in [5.74, 6) is 0.589. The number of fused-ring (bicyclic) bond motifs is 1. The molecule has 21 heavy (non-hydrogen) atoms. The van der Waals surface area contributed by atoms with Gasteiger partial charge >= 0.3 is 0 Å². The number of pyridine rings is 1. The van der Waals surface area contributed by atoms with Crippen LogP contribution in [-0.4, -0.2) is 31.6 Å². The molecule has 0 radical (unpaired) electrons. The Morgan fingerprint density at radius 1 is 1.29 bits per heavy atom. The number of hydrogen-bond donors (Lipinski definition) is 1. The van der Waals surface area contributed by atoms with Crippen molar-refractivity contribution >= 4 is 5.52 Å². The Kier molecular flexibility index (Phi) is 3.62. The Hall–Kier alpha value is -2.34. The van der Waals surface area contributed by atoms with Gasteiger partial charge in [0.1, 0.15) is 11.8 Å². The van der Waals surface area contributed by atoms with Crippen molar-refractivity contribution in [2.24, 2.45) is 0 Å². The van der Waals surface area contributed by atoms with Gasteiger partial charge in [-0.05, 0) is 18.6 Å². The minimum atomic E-state index is -0.825. The number of aromatic nitrogens is 4. The van der Waals surface area contributed by atoms with Crippen LogP contribution in [0.25, 0.3) is 5.52 Å². The topological polar surface area (TPSA) is 64.6 Å². The highest BCUT2D eigenvalue weighted by Gasteiger charge is 2.24. The third-order valence-corrected chi connectivity index (χ3v) is 3.51. The number of rotatable bonds is 5. The largest absolute Gasteiger partial charge is 0.493 e. The molecule has 0 saturated carbocycles. The maximum atomic E-state index is 10.8. The van der Waals surface area contributed by atoms with Crippen LogP contribution in [0.4, 0.5) is 0 Å². The van der Waals surface area contributed by atoms with Gasteiger partial charge in [0.25, 0.3) is 0 Å². The van der Waals surface area contributed by atoms with Gasteiger partial charge in [0.15, 0.2) is 5.75 Å². The molecule has 3 heterocycles. The zero-order valence-corrected chi connectivity index (χ0v) is 12.1. The van der Waals surface area contributed by atoms with Gasteiger partial charge < -0.3 is 9.84 Å². The maximum Gasteiger partial charge on any atom is 0.163 e. The van der Waals surface area contributed by atoms with Gasteiger partial charge in [-0.2, -0.15) is 10.2 Å². The SMILES string of the molecule is CCCn1ncc(OC)c1C(O)c1cnn2ccccc12. The Bertz CT molecular complexity index is 747. The number of aryl methyl sites for hydroxylation is 1. The van der Waals surface area contributed by atoms with Crippen LogP contribution in [0.2, 0.25) is 0 Å². The van der Waals surface area contributed by atoms with Crippen molar-refractivity contribution in [1.29, 1.82) is 0 Å². The van der Waals surface area contributed by atoms with E-state index >= 15 is 0 Å². The summed E-state index contributed by atoms with van der Waals surface area (Å²) in [6, 6.07) is 5.75. The summed E-state index contributed by atoms with van der Waals surface area (Å²) in [6.07, 6.45) is 5.28. The lowest BCUT2D eigenvalue weighted by atomic mass is 10.1. The van der Waals surface area contributed by atoms with E-state index in [2.05, 4.69) is 17.1 Å². The van der Waals surface area contributed by atoms with Crippen LogP contribution in [0.3, 0.4) is 0 Å². The summed E-state index contributed by atoms with van der Waals surface area (Å²) in [5.41, 5.74) is 2.28. The predicted octanol–water partition coefficient (Wildman–Crippen LogP) is 2.03. The molecule has 0 aliphatic heterocycles. The first-order chi connectivity index (χ1) is 10.3. The fourth-order valence-corrected chi connectivity index (χ4v) is 2.51. The lowest BCUT2D eigenvalue weighted by Crippen LogP contribution is -2.11. The van der Waals surface area contributed by atoms with Gasteiger partial charge in [0, 0.05) is 18.3 Å². The molecule has 1 atom stereocenters. The van der Waals surface area contributed by atoms with Gasteiger partial charge in [0.2, 0.25) is 0 Å². The Balaban J connectivity index is 2.09. The average Bonchev–Trinajstić information content (AvgIpc) is 3.10. The van der Waals surface area contributed by atoms with Crippen molar-refractivity contribution in [3.63, 3.8) is 0 Å². The summed E-state index contributed by atoms with van der Waals surface area (Å²) in [4.78, 5) is 0. The lowest BCUT2D eigenvalue weighted by molar-refractivity contribution is 0.203. The molecule has 0 aromatic carbocycles. The van der Waals surface area contributed by atoms with Gasteiger partial charge in [0.05, 0.1) is 25.0 Å². The summed E-state index contributed by atoms with van der Waals surface area (Å²) in [5, 5.41) is 19.4. The van der Waals surface area contributed by atoms with E-state index in [1.807, 2.05) is 24.4 Å². The number of ether oxygens (including phenoxy) is 1. The quantitative estimate of drug-likeness (QED) is 0.779. The number of aliphatic hydroxyl groups is 1. The molecule has 0 spiro atoms. The molecule has 3 aromatic heterocycles. The van der Waals surface area contributed by atoms with Crippen molar-refractivity contribution in [2.75, 3.05) is 7.11 Å². The highest BCUT2D eigenvalue weighted by Crippen LogP contribution is 2.32. The highest BCUT2D eigenvalue weighted by atomic mass is 16.5. The summed E-state index contributed by atoms with van der Waals surface area (Å²) in [7, 11) is 1.58. The highest BCUT2D eigenvalue weighted by molar-refractivity contribution is 5.56. The molecule has 110 valence electrons. The Labute approximate surface area is 122 Å². The van der Waals surface area contributed by atoms with Crippen molar-refractivity contribution in [3.8, 4) is 5.75 Å². The molecule has 1 unspecified atom stereocenters. The zero-order chi connectivity index (χ0) is 14.8. The molecule has 0 saturated heterocycles. The average molecular weight is 286 g/mol. The van der Waals surface area contributed by atoms with Gasteiger partial charge in [-0.25, -0.2) is 4.52 Å². The molecule has 0 bridgehead atoms. The predicted molar refractivity (Wildman–Crippen MR) is 78.3 cm³/mol. The van der Waals surface area contributed by atoms with Crippen molar-refractivity contribution in [3.05, 3.63) is 48.0 Å². The smallest absolute Gasteiger partial charge is 0.163 e. The summed E-state index contributed by atoms with van der Waals surface area (Å²) in [6.45, 7) is 2.80. The number of nitrogens with zero attached hydrogens (tertiary/aromatic N) is 4. The van der Waals surface area contributed by atoms with E-state index in [9.17, 15) is 5.11 Å². The molecule has 0 amide bonds. The van der Waals surface area contributed by atoms with E-state index in [1.54, 1.807) is 28.7 Å². The third-order valence-electron chi connectivity index (χ3n) is 3.51. The first-order valence-corrected chi connectivity index (χ1v) is 6.96. The second-order valence-corrected chi connectivity index (χ2v) is 4.85. The van der Waals surface area contributed by atoms with E-state index in [0.717, 1.165) is 24.0 Å². The van der Waals surface area contributed by atoms with Crippen LogP contribution < -0.4 is 4.74 Å². The summed E-state index contributed by atoms with van der Waals surface area (Å²) >= 11 is 0. The molecule has 0 aliphatic rings. The minimum absolute atomic E-state index is 0.589. The Morgan fingerprint density at radius 2 is 2.14 bits per heavy atom. The fraction of sp³-hybridized carbons (Fsp3) is 0.333. The van der Waals surface area contributed by atoms with E-state index in [4.69, 9.17) is 4.74 Å². The number of hydrogen-bond acceptors (Lipinski definition) is 4. The summed E-state index contributed by atoms with van der Waals surface area (Å²) < 4.78 is 8.86. The zero-order valence-electron chi connectivity index (χ0n) is 12.1. The molecule has 3 aromatic rings. The first kappa shape index (κ1) is 13.6. The third kappa shape index (κ3) is 2.27. The normalized spacial score (nSPS) is 12.7. The van der Waals surface area contributed by atoms with Crippen LogP contribution in [0.15, 0.2) is 36.8 Å². The molecule has 1 N–H and O–H groups in total. The maximum absolute atomic E-state index is 10.8. The van der Waals surface area contributed by atoms with E-state index in [0.29, 0.717) is 11.4 Å². The molecule has 6 nitrogen and oxygen atoms in total. The van der Waals surface area contributed by atoms with Crippen LogP contribution in [-0.2, 0) is 6.54 Å². The monoisotopic (exact) mass is 286 g/mol. The second-order valence-electron chi connectivity index (χ2n) is 4.85. The van der Waals surface area contributed by atoms with Crippen molar-refractivity contribution in [2.45, 2.75) is 26.0 Å². The Morgan fingerprint density at radius 3 is 2.90 bits per heavy atom. The molecule has 0 fully saturated rings. The second kappa shape index (κ2) is 5.57. The first-order valence-electron chi connectivity index (χ1n) is 6.96. The number of aliphatic hydroxyl groups excluding tert-OH is 1. The fourth-order valence-electron chi connectivity index (χ4n) is 2.51. The number of methoxy groups -OCH3 is 1. The van der Waals surface area contributed by atoms with Gasteiger partial charge in [-0.1, -0.05) is 13.0 Å². The van der Waals surface area contributed by atoms with E-state index < -0.39 is 6.10 Å². The molecule has 0 aliphatic carbocycles. The van der Waals surface area contributed by atoms with Crippen LogP contribution >= 0.6 is 0 Å². The van der Waals surface area contributed by atoms with Crippen LogP contribution in [0, 0.1) is 0 Å². The van der Waals surface area contributed by atoms with Gasteiger partial charge in [-0.3, -0.25) is 4.68 Å². The molecule has 3 rings (SSSR count). The van der Waals surface area contributed by atoms with Gasteiger partial charge in [-0.15, -0.1) is 0 Å². The van der Waals surface area contributed by atoms with Crippen LogP contribution in [0.1, 0.15) is 30.7 Å². The lowest BCUT2D eigenvalue weighted by Gasteiger charge is -2.14. The van der Waals surface area contributed by atoms with E-state index in [-0.39, 0.29) is 0 Å². The minimum Gasteiger partial charge on any atom is -0.493 e. The van der Waals surface area contributed by atoms with Crippen molar-refractivity contribution < 1.29 is 9.84 Å². The molecular formula is C15H18N4O2.